The molecule has 1 amide bonds. The molecule has 2 aromatic carbocycles. The van der Waals surface area contributed by atoms with Crippen LogP contribution in [0, 0.1) is 5.41 Å². The Kier molecular flexibility index (Phi) is 3.54. The zero-order valence-corrected chi connectivity index (χ0v) is 13.7. The summed E-state index contributed by atoms with van der Waals surface area (Å²) in [5, 5.41) is 12.4. The number of hydrogen-bond acceptors (Lipinski definition) is 5. The van der Waals surface area contributed by atoms with E-state index in [1.165, 1.54) is 6.21 Å². The van der Waals surface area contributed by atoms with Gasteiger partial charge in [0.25, 0.3) is 5.91 Å². The van der Waals surface area contributed by atoms with E-state index in [1.54, 1.807) is 6.07 Å². The number of carbonyl (C=O) groups is 1. The number of anilines is 3. The number of aromatic nitrogens is 2. The predicted octanol–water partition coefficient (Wildman–Crippen LogP) is 3.14. The number of hydrogen-bond donors (Lipinski definition) is 5. The minimum atomic E-state index is -0.636. The molecule has 0 fully saturated rings. The van der Waals surface area contributed by atoms with E-state index >= 15 is 0 Å². The van der Waals surface area contributed by atoms with E-state index in [1.807, 2.05) is 42.5 Å². The molecule has 4 rings (SSSR count). The number of rotatable bonds is 4. The number of nitrogens with zero attached hydrogens (tertiary/aromatic N) is 1. The van der Waals surface area contributed by atoms with Gasteiger partial charge in [-0.1, -0.05) is 18.2 Å². The molecule has 0 unspecified atom stereocenters. The van der Waals surface area contributed by atoms with Crippen molar-refractivity contribution in [2.45, 2.75) is 0 Å². The summed E-state index contributed by atoms with van der Waals surface area (Å²) in [6.45, 7) is 0. The van der Waals surface area contributed by atoms with Crippen LogP contribution in [0.1, 0.15) is 16.1 Å². The van der Waals surface area contributed by atoms with E-state index in [2.05, 4.69) is 15.3 Å². The van der Waals surface area contributed by atoms with Crippen molar-refractivity contribution in [3.8, 4) is 0 Å². The molecule has 2 heterocycles. The van der Waals surface area contributed by atoms with Crippen molar-refractivity contribution in [1.82, 2.24) is 9.97 Å². The van der Waals surface area contributed by atoms with Crippen molar-refractivity contribution < 1.29 is 4.79 Å². The second-order valence-corrected chi connectivity index (χ2v) is 5.89. The zero-order valence-electron chi connectivity index (χ0n) is 13.7. The fourth-order valence-electron chi connectivity index (χ4n) is 3.10. The van der Waals surface area contributed by atoms with Crippen LogP contribution in [-0.4, -0.2) is 22.1 Å². The van der Waals surface area contributed by atoms with Gasteiger partial charge in [-0.15, -0.1) is 0 Å². The summed E-state index contributed by atoms with van der Waals surface area (Å²) in [6.07, 6.45) is 1.21. The molecule has 2 aromatic heterocycles. The van der Waals surface area contributed by atoms with Crippen LogP contribution in [0.25, 0.3) is 21.8 Å². The maximum Gasteiger partial charge on any atom is 0.269 e. The van der Waals surface area contributed by atoms with Gasteiger partial charge in [-0.25, -0.2) is 4.98 Å². The molecular formula is C19H16N6O. The number of nitrogens with one attached hydrogen (secondary N) is 3. The van der Waals surface area contributed by atoms with Gasteiger partial charge in [-0.2, -0.15) is 0 Å². The normalized spacial score (nSPS) is 10.9. The van der Waals surface area contributed by atoms with Gasteiger partial charge in [-0.05, 0) is 30.3 Å². The minimum absolute atomic E-state index is 0.131. The Balaban J connectivity index is 2.03. The summed E-state index contributed by atoms with van der Waals surface area (Å²) < 4.78 is 0. The lowest BCUT2D eigenvalue weighted by molar-refractivity contribution is 0.0997. The number of benzene rings is 2. The molecule has 0 spiro atoms. The van der Waals surface area contributed by atoms with Crippen LogP contribution in [0.4, 0.5) is 17.2 Å². The molecule has 0 radical (unpaired) electrons. The van der Waals surface area contributed by atoms with Crippen LogP contribution in [0.5, 0.6) is 0 Å². The van der Waals surface area contributed by atoms with Gasteiger partial charge in [0, 0.05) is 39.4 Å². The number of pyridine rings is 1. The van der Waals surface area contributed by atoms with Gasteiger partial charge in [0.1, 0.15) is 5.82 Å². The lowest BCUT2D eigenvalue weighted by Crippen LogP contribution is -2.14. The van der Waals surface area contributed by atoms with Gasteiger partial charge in [0.05, 0.1) is 5.52 Å². The number of carbonyl (C=O) groups excluding carboxylic acids is 1. The molecule has 0 bridgehead atoms. The van der Waals surface area contributed by atoms with Gasteiger partial charge in [0.2, 0.25) is 0 Å². The summed E-state index contributed by atoms with van der Waals surface area (Å²) in [5.41, 5.74) is 14.9. The highest BCUT2D eigenvalue weighted by Crippen LogP contribution is 2.33. The largest absolute Gasteiger partial charge is 0.398 e. The lowest BCUT2D eigenvalue weighted by Gasteiger charge is -2.08. The number of fused-ring (bicyclic) bond motifs is 3. The van der Waals surface area contributed by atoms with Crippen LogP contribution in [0.3, 0.4) is 0 Å². The van der Waals surface area contributed by atoms with Crippen molar-refractivity contribution in [3.63, 3.8) is 0 Å². The van der Waals surface area contributed by atoms with E-state index < -0.39 is 5.91 Å². The van der Waals surface area contributed by atoms with Crippen molar-refractivity contribution in [2.75, 3.05) is 11.1 Å². The molecule has 0 aliphatic carbocycles. The van der Waals surface area contributed by atoms with E-state index in [-0.39, 0.29) is 5.69 Å². The summed E-state index contributed by atoms with van der Waals surface area (Å²) in [4.78, 5) is 19.5. The van der Waals surface area contributed by atoms with Crippen molar-refractivity contribution in [2.24, 2.45) is 5.73 Å². The average Bonchev–Trinajstić information content (AvgIpc) is 3.00. The number of primary amides is 1. The molecule has 7 N–H and O–H groups in total. The molecule has 128 valence electrons. The highest BCUT2D eigenvalue weighted by atomic mass is 16.1. The number of nitrogens with two attached hydrogens (primary N) is 2. The van der Waals surface area contributed by atoms with Crippen molar-refractivity contribution in [3.05, 3.63) is 59.8 Å². The molecule has 0 saturated heterocycles. The zero-order chi connectivity index (χ0) is 18.3. The van der Waals surface area contributed by atoms with Crippen LogP contribution in [0.15, 0.2) is 48.5 Å². The molecule has 0 aliphatic rings. The average molecular weight is 344 g/mol. The number of aromatic amines is 1. The third kappa shape index (κ3) is 2.42. The first-order chi connectivity index (χ1) is 12.6. The topological polar surface area (TPSA) is 134 Å². The molecule has 0 saturated carbocycles. The highest BCUT2D eigenvalue weighted by molar-refractivity contribution is 6.20. The fourth-order valence-corrected chi connectivity index (χ4v) is 3.10. The number of amides is 1. The number of para-hydroxylation sites is 1. The number of nitrogen functional groups attached to an aromatic ring is 1. The first-order valence-electron chi connectivity index (χ1n) is 7.95. The molecule has 0 atom stereocenters. The highest BCUT2D eigenvalue weighted by Gasteiger charge is 2.18. The van der Waals surface area contributed by atoms with Crippen LogP contribution >= 0.6 is 0 Å². The Morgan fingerprint density at radius 1 is 1.19 bits per heavy atom. The third-order valence-electron chi connectivity index (χ3n) is 4.25. The first kappa shape index (κ1) is 15.6. The molecule has 4 aromatic rings. The van der Waals surface area contributed by atoms with E-state index in [0.29, 0.717) is 22.6 Å². The van der Waals surface area contributed by atoms with Crippen LogP contribution in [0.2, 0.25) is 0 Å². The Labute approximate surface area is 148 Å². The smallest absolute Gasteiger partial charge is 0.269 e. The first-order valence-corrected chi connectivity index (χ1v) is 7.95. The van der Waals surface area contributed by atoms with E-state index in [4.69, 9.17) is 16.9 Å². The Bertz CT molecular complexity index is 1160. The Morgan fingerprint density at radius 2 is 1.96 bits per heavy atom. The molecule has 7 heteroatoms. The minimum Gasteiger partial charge on any atom is -0.398 e. The standard InChI is InChI=1S/C19H16N6O/c20-9-12-13(21)6-7-14-16(12)11-8-15(23-10-4-2-1-3-5-10)25-18(19(22)26)17(11)24-14/h1-9,20,24H,21H2,(H2,22,26)(H,23,25). The SMILES string of the molecule is N=Cc1c(N)ccc2[nH]c3c(C(N)=O)nc(Nc4ccccc4)cc3c12. The Morgan fingerprint density at radius 3 is 2.65 bits per heavy atom. The summed E-state index contributed by atoms with van der Waals surface area (Å²) in [7, 11) is 0. The fraction of sp³-hybridized carbons (Fsp3) is 0. The summed E-state index contributed by atoms with van der Waals surface area (Å²) >= 11 is 0. The third-order valence-corrected chi connectivity index (χ3v) is 4.25. The van der Waals surface area contributed by atoms with Gasteiger partial charge in [0.15, 0.2) is 5.69 Å². The predicted molar refractivity (Wildman–Crippen MR) is 104 cm³/mol. The molecule has 0 aliphatic heterocycles. The second-order valence-electron chi connectivity index (χ2n) is 5.89. The summed E-state index contributed by atoms with van der Waals surface area (Å²) in [5.74, 6) is -0.153. The monoisotopic (exact) mass is 344 g/mol. The maximum absolute atomic E-state index is 12.0. The van der Waals surface area contributed by atoms with Gasteiger partial charge < -0.3 is 27.2 Å². The maximum atomic E-state index is 12.0. The lowest BCUT2D eigenvalue weighted by atomic mass is 10.1. The molecule has 26 heavy (non-hydrogen) atoms. The van der Waals surface area contributed by atoms with Gasteiger partial charge in [-0.3, -0.25) is 4.79 Å². The Hall–Kier alpha value is -3.87. The van der Waals surface area contributed by atoms with E-state index in [9.17, 15) is 4.79 Å². The van der Waals surface area contributed by atoms with Crippen LogP contribution < -0.4 is 16.8 Å². The van der Waals surface area contributed by atoms with Crippen molar-refractivity contribution in [1.29, 1.82) is 5.41 Å². The quantitative estimate of drug-likeness (QED) is 0.287. The van der Waals surface area contributed by atoms with E-state index in [0.717, 1.165) is 22.0 Å². The second kappa shape index (κ2) is 5.89. The van der Waals surface area contributed by atoms with Gasteiger partial charge >= 0.3 is 0 Å². The molecular weight excluding hydrogens is 328 g/mol. The molecule has 7 nitrogen and oxygen atoms in total. The van der Waals surface area contributed by atoms with Crippen molar-refractivity contribution >= 4 is 51.1 Å². The van der Waals surface area contributed by atoms with Crippen LogP contribution in [-0.2, 0) is 0 Å². The number of H-pyrrole nitrogens is 1. The summed E-state index contributed by atoms with van der Waals surface area (Å²) in [6, 6.07) is 14.9.